The summed E-state index contributed by atoms with van der Waals surface area (Å²) in [7, 11) is 0. The zero-order valence-corrected chi connectivity index (χ0v) is 23.4. The van der Waals surface area contributed by atoms with Gasteiger partial charge >= 0.3 is 6.09 Å². The third-order valence-electron chi connectivity index (χ3n) is 7.64. The molecule has 3 aliphatic rings. The van der Waals surface area contributed by atoms with Crippen LogP contribution in [0.1, 0.15) is 80.0 Å². The van der Waals surface area contributed by atoms with Crippen LogP contribution in [-0.2, 0) is 4.74 Å². The van der Waals surface area contributed by atoms with E-state index in [9.17, 15) is 19.6 Å². The summed E-state index contributed by atoms with van der Waals surface area (Å²) in [4.78, 5) is 53.1. The van der Waals surface area contributed by atoms with Crippen molar-refractivity contribution in [1.29, 1.82) is 5.26 Å². The van der Waals surface area contributed by atoms with Gasteiger partial charge in [-0.05, 0) is 71.4 Å². The molecular formula is C30H36N6O4. The van der Waals surface area contributed by atoms with Gasteiger partial charge in [0.05, 0.1) is 11.6 Å². The lowest BCUT2D eigenvalue weighted by atomic mass is 10.0. The lowest BCUT2D eigenvalue weighted by Gasteiger charge is -2.39. The number of carbonyl (C=O) groups is 3. The summed E-state index contributed by atoms with van der Waals surface area (Å²) >= 11 is 0. The Morgan fingerprint density at radius 3 is 2.12 bits per heavy atom. The number of aromatic nitrogens is 2. The van der Waals surface area contributed by atoms with E-state index < -0.39 is 5.60 Å². The second-order valence-corrected chi connectivity index (χ2v) is 11.8. The highest BCUT2D eigenvalue weighted by Crippen LogP contribution is 2.33. The van der Waals surface area contributed by atoms with Gasteiger partial charge in [-0.15, -0.1) is 0 Å². The van der Waals surface area contributed by atoms with E-state index in [2.05, 4.69) is 16.0 Å². The highest BCUT2D eigenvalue weighted by atomic mass is 16.6. The number of benzene rings is 1. The molecule has 210 valence electrons. The smallest absolute Gasteiger partial charge is 0.410 e. The third-order valence-corrected chi connectivity index (χ3v) is 7.64. The van der Waals surface area contributed by atoms with Crippen molar-refractivity contribution in [2.45, 2.75) is 83.0 Å². The first-order valence-electron chi connectivity index (χ1n) is 14.1. The zero-order valence-electron chi connectivity index (χ0n) is 23.4. The SMILES string of the molecule is CC(C)(C)OC(=O)N1CCC(N(C(=O)c2cnc(-c3ccc(C(=O)N4CCCC4C#N)cc3)nc2)C2CC2)CC1. The van der Waals surface area contributed by atoms with E-state index in [0.29, 0.717) is 55.8 Å². The Morgan fingerprint density at radius 2 is 1.55 bits per heavy atom. The highest BCUT2D eigenvalue weighted by Gasteiger charge is 2.40. The number of piperidine rings is 1. The van der Waals surface area contributed by atoms with Crippen molar-refractivity contribution in [2.24, 2.45) is 0 Å². The number of hydrogen-bond donors (Lipinski definition) is 0. The largest absolute Gasteiger partial charge is 0.444 e. The van der Waals surface area contributed by atoms with Crippen molar-refractivity contribution in [1.82, 2.24) is 24.7 Å². The van der Waals surface area contributed by atoms with Gasteiger partial charge in [-0.25, -0.2) is 14.8 Å². The number of amides is 3. The van der Waals surface area contributed by atoms with Crippen molar-refractivity contribution in [3.63, 3.8) is 0 Å². The number of rotatable bonds is 5. The lowest BCUT2D eigenvalue weighted by Crippen LogP contribution is -2.50. The summed E-state index contributed by atoms with van der Waals surface area (Å²) in [5.74, 6) is 0.244. The second kappa shape index (κ2) is 11.2. The molecule has 2 aliphatic heterocycles. The van der Waals surface area contributed by atoms with Crippen LogP contribution in [0.5, 0.6) is 0 Å². The van der Waals surface area contributed by atoms with Crippen molar-refractivity contribution >= 4 is 17.9 Å². The van der Waals surface area contributed by atoms with Crippen molar-refractivity contribution < 1.29 is 19.1 Å². The van der Waals surface area contributed by atoms with Crippen LogP contribution in [0.3, 0.4) is 0 Å². The standard InChI is InChI=1S/C30H36N6O4/c1-30(2,3)40-29(39)34-15-12-24(13-16-34)36(23-10-11-23)28(38)22-18-32-26(33-19-22)20-6-8-21(9-7-20)27(37)35-14-4-5-25(35)17-31/h6-9,18-19,23-25H,4-5,10-16H2,1-3H3. The number of nitriles is 1. The Bertz CT molecular complexity index is 1290. The molecule has 0 spiro atoms. The first kappa shape index (κ1) is 27.6. The van der Waals surface area contributed by atoms with Crippen molar-refractivity contribution in [3.8, 4) is 17.5 Å². The Morgan fingerprint density at radius 1 is 0.925 bits per heavy atom. The van der Waals surface area contributed by atoms with Crippen molar-refractivity contribution in [3.05, 3.63) is 47.8 Å². The van der Waals surface area contributed by atoms with Crippen LogP contribution in [0.4, 0.5) is 4.79 Å². The van der Waals surface area contributed by atoms with Crippen LogP contribution in [0.25, 0.3) is 11.4 Å². The molecule has 1 aromatic heterocycles. The molecule has 0 bridgehead atoms. The van der Waals surface area contributed by atoms with E-state index in [0.717, 1.165) is 24.8 Å². The topological polar surface area (TPSA) is 120 Å². The molecule has 3 heterocycles. The van der Waals surface area contributed by atoms with Crippen LogP contribution in [0.15, 0.2) is 36.7 Å². The lowest BCUT2D eigenvalue weighted by molar-refractivity contribution is 0.0142. The van der Waals surface area contributed by atoms with Gasteiger partial charge in [-0.3, -0.25) is 9.59 Å². The Kier molecular flexibility index (Phi) is 7.74. The zero-order chi connectivity index (χ0) is 28.4. The fourth-order valence-electron chi connectivity index (χ4n) is 5.44. The van der Waals surface area contributed by atoms with Gasteiger partial charge in [0, 0.05) is 55.2 Å². The molecule has 1 aromatic carbocycles. The van der Waals surface area contributed by atoms with Crippen LogP contribution in [0, 0.1) is 11.3 Å². The van der Waals surface area contributed by atoms with Crippen LogP contribution in [0.2, 0.25) is 0 Å². The van der Waals surface area contributed by atoms with Crippen molar-refractivity contribution in [2.75, 3.05) is 19.6 Å². The van der Waals surface area contributed by atoms with E-state index in [1.54, 1.807) is 46.5 Å². The molecule has 40 heavy (non-hydrogen) atoms. The summed E-state index contributed by atoms with van der Waals surface area (Å²) in [6, 6.07) is 9.14. The van der Waals surface area contributed by atoms with E-state index >= 15 is 0 Å². The first-order chi connectivity index (χ1) is 19.1. The first-order valence-corrected chi connectivity index (χ1v) is 14.1. The Balaban J connectivity index is 1.22. The summed E-state index contributed by atoms with van der Waals surface area (Å²) < 4.78 is 5.51. The summed E-state index contributed by atoms with van der Waals surface area (Å²) in [6.45, 7) is 7.28. The minimum absolute atomic E-state index is 0.0553. The third kappa shape index (κ3) is 6.09. The maximum atomic E-state index is 13.5. The van der Waals surface area contributed by atoms with E-state index in [1.165, 1.54) is 0 Å². The monoisotopic (exact) mass is 544 g/mol. The fraction of sp³-hybridized carbons (Fsp3) is 0.533. The number of ether oxygens (including phenoxy) is 1. The van der Waals surface area contributed by atoms with Crippen LogP contribution in [-0.4, -0.2) is 85.9 Å². The minimum Gasteiger partial charge on any atom is -0.444 e. The molecule has 2 saturated heterocycles. The maximum Gasteiger partial charge on any atom is 0.410 e. The fourth-order valence-corrected chi connectivity index (χ4v) is 5.44. The molecule has 0 radical (unpaired) electrons. The van der Waals surface area contributed by atoms with Crippen LogP contribution >= 0.6 is 0 Å². The molecule has 5 rings (SSSR count). The van der Waals surface area contributed by atoms with Gasteiger partial charge in [0.1, 0.15) is 11.6 Å². The molecule has 3 amide bonds. The summed E-state index contributed by atoms with van der Waals surface area (Å²) in [5.41, 5.74) is 1.16. The molecule has 1 aliphatic carbocycles. The number of nitrogens with zero attached hydrogens (tertiary/aromatic N) is 6. The number of hydrogen-bond acceptors (Lipinski definition) is 7. The normalized spacial score (nSPS) is 19.7. The molecule has 1 atom stereocenters. The molecule has 10 nitrogen and oxygen atoms in total. The van der Waals surface area contributed by atoms with Gasteiger partial charge in [-0.2, -0.15) is 5.26 Å². The Labute approximate surface area is 234 Å². The van der Waals surface area contributed by atoms with Gasteiger partial charge in [0.2, 0.25) is 0 Å². The van der Waals surface area contributed by atoms with Gasteiger partial charge in [-0.1, -0.05) is 12.1 Å². The van der Waals surface area contributed by atoms with Crippen LogP contribution < -0.4 is 0 Å². The quantitative estimate of drug-likeness (QED) is 0.551. The summed E-state index contributed by atoms with van der Waals surface area (Å²) in [6.07, 6.45) is 7.75. The molecule has 2 aromatic rings. The van der Waals surface area contributed by atoms with Gasteiger partial charge in [0.25, 0.3) is 11.8 Å². The van der Waals surface area contributed by atoms with E-state index in [-0.39, 0.29) is 36.0 Å². The predicted octanol–water partition coefficient (Wildman–Crippen LogP) is 4.28. The second-order valence-electron chi connectivity index (χ2n) is 11.8. The number of carbonyl (C=O) groups excluding carboxylic acids is 3. The van der Waals surface area contributed by atoms with Gasteiger partial charge < -0.3 is 19.4 Å². The Hall–Kier alpha value is -4.00. The average Bonchev–Trinajstić information content (AvgIpc) is 3.66. The van der Waals surface area contributed by atoms with E-state index in [4.69, 9.17) is 4.74 Å². The maximum absolute atomic E-state index is 13.5. The molecule has 1 unspecified atom stereocenters. The highest BCUT2D eigenvalue weighted by molar-refractivity contribution is 5.95. The molecular weight excluding hydrogens is 508 g/mol. The van der Waals surface area contributed by atoms with Gasteiger partial charge in [0.15, 0.2) is 5.82 Å². The molecule has 10 heteroatoms. The molecule has 1 saturated carbocycles. The molecule has 3 fully saturated rings. The average molecular weight is 545 g/mol. The summed E-state index contributed by atoms with van der Waals surface area (Å²) in [5, 5.41) is 9.29. The van der Waals surface area contributed by atoms with E-state index in [1.807, 2.05) is 25.7 Å². The number of likely N-dealkylation sites (tertiary alicyclic amines) is 2. The predicted molar refractivity (Wildman–Crippen MR) is 147 cm³/mol. The molecule has 0 N–H and O–H groups in total. The minimum atomic E-state index is -0.537.